The van der Waals surface area contributed by atoms with Crippen molar-refractivity contribution in [3.8, 4) is 0 Å². The van der Waals surface area contributed by atoms with Crippen molar-refractivity contribution in [1.29, 1.82) is 0 Å². The average molecular weight is 237 g/mol. The van der Waals surface area contributed by atoms with Gasteiger partial charge in [0.15, 0.2) is 0 Å². The number of ether oxygens (including phenoxy) is 1. The number of amides is 1. The van der Waals surface area contributed by atoms with Crippen molar-refractivity contribution in [2.45, 2.75) is 20.0 Å². The number of hydrogen-bond donors (Lipinski definition) is 1. The highest BCUT2D eigenvalue weighted by molar-refractivity contribution is 5.98. The number of nitrogens with zero attached hydrogens (tertiary/aromatic N) is 2. The largest absolute Gasteiger partial charge is 0.397 e. The lowest BCUT2D eigenvalue weighted by Gasteiger charge is -2.18. The first-order valence-corrected chi connectivity index (χ1v) is 5.59. The molecule has 1 heterocycles. The summed E-state index contributed by atoms with van der Waals surface area (Å²) < 4.78 is 5.39. The number of likely N-dealkylation sites (N-methyl/N-ethyl adjacent to an activating group) is 1. The van der Waals surface area contributed by atoms with E-state index in [1.54, 1.807) is 24.2 Å². The molecular formula is C12H19N3O2. The van der Waals surface area contributed by atoms with Gasteiger partial charge in [0.25, 0.3) is 5.91 Å². The zero-order chi connectivity index (χ0) is 12.8. The minimum atomic E-state index is -0.114. The molecule has 0 radical (unpaired) electrons. The first-order valence-electron chi connectivity index (χ1n) is 5.59. The molecule has 0 aliphatic heterocycles. The Balaban J connectivity index is 2.55. The second-order valence-corrected chi connectivity index (χ2v) is 4.11. The molecule has 0 aliphatic rings. The highest BCUT2D eigenvalue weighted by Crippen LogP contribution is 2.10. The van der Waals surface area contributed by atoms with Gasteiger partial charge in [0.2, 0.25) is 0 Å². The van der Waals surface area contributed by atoms with Gasteiger partial charge < -0.3 is 15.4 Å². The van der Waals surface area contributed by atoms with Gasteiger partial charge in [0.05, 0.1) is 30.2 Å². The Hall–Kier alpha value is -1.62. The van der Waals surface area contributed by atoms with Crippen LogP contribution in [0.15, 0.2) is 18.5 Å². The van der Waals surface area contributed by atoms with Crippen LogP contribution in [0, 0.1) is 0 Å². The summed E-state index contributed by atoms with van der Waals surface area (Å²) in [6.07, 6.45) is 3.21. The van der Waals surface area contributed by atoms with Crippen LogP contribution in [0.4, 0.5) is 5.69 Å². The van der Waals surface area contributed by atoms with Crippen LogP contribution in [0.3, 0.4) is 0 Å². The molecule has 0 fully saturated rings. The second kappa shape index (κ2) is 6.20. The first kappa shape index (κ1) is 13.4. The lowest BCUT2D eigenvalue weighted by atomic mass is 10.2. The van der Waals surface area contributed by atoms with E-state index in [4.69, 9.17) is 10.5 Å². The summed E-state index contributed by atoms with van der Waals surface area (Å²) in [6.45, 7) is 4.98. The van der Waals surface area contributed by atoms with Crippen molar-refractivity contribution in [1.82, 2.24) is 9.88 Å². The van der Waals surface area contributed by atoms with Crippen LogP contribution in [0.25, 0.3) is 0 Å². The SMILES string of the molecule is CC(C)OCCN(C)C(=O)c1ccncc1N. The van der Waals surface area contributed by atoms with Gasteiger partial charge in [-0.1, -0.05) is 0 Å². The summed E-state index contributed by atoms with van der Waals surface area (Å²) in [4.78, 5) is 17.4. The van der Waals surface area contributed by atoms with Crippen molar-refractivity contribution in [2.75, 3.05) is 25.9 Å². The molecule has 0 aliphatic carbocycles. The van der Waals surface area contributed by atoms with Crippen LogP contribution >= 0.6 is 0 Å². The van der Waals surface area contributed by atoms with Crippen LogP contribution in [0.2, 0.25) is 0 Å². The van der Waals surface area contributed by atoms with E-state index in [1.807, 2.05) is 13.8 Å². The molecular weight excluding hydrogens is 218 g/mol. The molecule has 1 aromatic rings. The molecule has 0 aromatic carbocycles. The third-order valence-corrected chi connectivity index (χ3v) is 2.31. The maximum atomic E-state index is 12.0. The van der Waals surface area contributed by atoms with Crippen molar-refractivity contribution in [3.63, 3.8) is 0 Å². The van der Waals surface area contributed by atoms with E-state index in [-0.39, 0.29) is 12.0 Å². The maximum absolute atomic E-state index is 12.0. The summed E-state index contributed by atoms with van der Waals surface area (Å²) in [5, 5.41) is 0. The number of aromatic nitrogens is 1. The molecule has 94 valence electrons. The number of nitrogens with two attached hydrogens (primary N) is 1. The number of carbonyl (C=O) groups excluding carboxylic acids is 1. The highest BCUT2D eigenvalue weighted by Gasteiger charge is 2.14. The second-order valence-electron chi connectivity index (χ2n) is 4.11. The van der Waals surface area contributed by atoms with Crippen LogP contribution in [0.1, 0.15) is 24.2 Å². The Morgan fingerprint density at radius 2 is 2.29 bits per heavy atom. The van der Waals surface area contributed by atoms with Gasteiger partial charge in [-0.25, -0.2) is 0 Å². The quantitative estimate of drug-likeness (QED) is 0.834. The standard InChI is InChI=1S/C12H19N3O2/c1-9(2)17-7-6-15(3)12(16)10-4-5-14-8-11(10)13/h4-5,8-9H,6-7,13H2,1-3H3. The Bertz CT molecular complexity index is 380. The third kappa shape index (κ3) is 4.03. The smallest absolute Gasteiger partial charge is 0.255 e. The molecule has 0 unspecified atom stereocenters. The van der Waals surface area contributed by atoms with Crippen LogP contribution in [0.5, 0.6) is 0 Å². The molecule has 2 N–H and O–H groups in total. The van der Waals surface area contributed by atoms with E-state index in [0.29, 0.717) is 24.4 Å². The Morgan fingerprint density at radius 1 is 1.59 bits per heavy atom. The van der Waals surface area contributed by atoms with E-state index < -0.39 is 0 Å². The van der Waals surface area contributed by atoms with Crippen LogP contribution in [-0.4, -0.2) is 42.1 Å². The lowest BCUT2D eigenvalue weighted by Crippen LogP contribution is -2.31. The zero-order valence-electron chi connectivity index (χ0n) is 10.5. The molecule has 1 amide bonds. The van der Waals surface area contributed by atoms with Crippen molar-refractivity contribution < 1.29 is 9.53 Å². The summed E-state index contributed by atoms with van der Waals surface area (Å²) in [5.74, 6) is -0.114. The van der Waals surface area contributed by atoms with Crippen molar-refractivity contribution in [2.24, 2.45) is 0 Å². The van der Waals surface area contributed by atoms with Crippen LogP contribution < -0.4 is 5.73 Å². The summed E-state index contributed by atoms with van der Waals surface area (Å²) in [5.41, 5.74) is 6.57. The van der Waals surface area contributed by atoms with E-state index in [9.17, 15) is 4.79 Å². The molecule has 1 rings (SSSR count). The van der Waals surface area contributed by atoms with Gasteiger partial charge in [-0.3, -0.25) is 9.78 Å². The summed E-state index contributed by atoms with van der Waals surface area (Å²) in [6, 6.07) is 1.62. The van der Waals surface area contributed by atoms with Crippen molar-refractivity contribution >= 4 is 11.6 Å². The number of hydrogen-bond acceptors (Lipinski definition) is 4. The molecule has 0 spiro atoms. The van der Waals surface area contributed by atoms with E-state index in [0.717, 1.165) is 0 Å². The number of rotatable bonds is 5. The zero-order valence-corrected chi connectivity index (χ0v) is 10.5. The molecule has 0 saturated carbocycles. The fourth-order valence-corrected chi connectivity index (χ4v) is 1.33. The molecule has 0 atom stereocenters. The maximum Gasteiger partial charge on any atom is 0.255 e. The summed E-state index contributed by atoms with van der Waals surface area (Å²) in [7, 11) is 1.73. The number of anilines is 1. The Kier molecular flexibility index (Phi) is 4.90. The molecule has 5 nitrogen and oxygen atoms in total. The van der Waals surface area contributed by atoms with Gasteiger partial charge in [-0.2, -0.15) is 0 Å². The van der Waals surface area contributed by atoms with E-state index >= 15 is 0 Å². The van der Waals surface area contributed by atoms with Gasteiger partial charge >= 0.3 is 0 Å². The van der Waals surface area contributed by atoms with Gasteiger partial charge in [0.1, 0.15) is 0 Å². The number of carbonyl (C=O) groups is 1. The number of nitrogen functional groups attached to an aromatic ring is 1. The molecule has 17 heavy (non-hydrogen) atoms. The average Bonchev–Trinajstić information content (AvgIpc) is 2.28. The highest BCUT2D eigenvalue weighted by atomic mass is 16.5. The van der Waals surface area contributed by atoms with Crippen molar-refractivity contribution in [3.05, 3.63) is 24.0 Å². The Morgan fingerprint density at radius 3 is 2.88 bits per heavy atom. The predicted octanol–water partition coefficient (Wildman–Crippen LogP) is 1.16. The topological polar surface area (TPSA) is 68.5 Å². The first-order chi connectivity index (χ1) is 8.02. The normalized spacial score (nSPS) is 10.6. The fourth-order valence-electron chi connectivity index (χ4n) is 1.33. The van der Waals surface area contributed by atoms with E-state index in [2.05, 4.69) is 4.98 Å². The minimum Gasteiger partial charge on any atom is -0.397 e. The van der Waals surface area contributed by atoms with Crippen LogP contribution in [-0.2, 0) is 4.74 Å². The molecule has 1 aromatic heterocycles. The number of pyridine rings is 1. The van der Waals surface area contributed by atoms with Gasteiger partial charge in [0, 0.05) is 19.8 Å². The predicted molar refractivity (Wildman–Crippen MR) is 66.7 cm³/mol. The fraction of sp³-hybridized carbons (Fsp3) is 0.500. The monoisotopic (exact) mass is 237 g/mol. The van der Waals surface area contributed by atoms with Gasteiger partial charge in [-0.05, 0) is 19.9 Å². The molecule has 0 bridgehead atoms. The molecule has 0 saturated heterocycles. The Labute approximate surface area is 102 Å². The van der Waals surface area contributed by atoms with Gasteiger partial charge in [-0.15, -0.1) is 0 Å². The lowest BCUT2D eigenvalue weighted by molar-refractivity contribution is 0.0532. The minimum absolute atomic E-state index is 0.114. The third-order valence-electron chi connectivity index (χ3n) is 2.31. The summed E-state index contributed by atoms with van der Waals surface area (Å²) >= 11 is 0. The van der Waals surface area contributed by atoms with E-state index in [1.165, 1.54) is 6.20 Å². The molecule has 5 heteroatoms.